The summed E-state index contributed by atoms with van der Waals surface area (Å²) in [6.45, 7) is 7.07. The standard InChI is InChI=1S/C14H20BrN3O2/c1-5-16-13(10-6-7-12(15)20-10)14-11(19-4)8-17-18(14)9(2)3/h6-9,13,16H,5H2,1-4H3. The van der Waals surface area contributed by atoms with E-state index in [9.17, 15) is 0 Å². The van der Waals surface area contributed by atoms with Gasteiger partial charge in [-0.2, -0.15) is 5.10 Å². The number of hydrogen-bond donors (Lipinski definition) is 1. The zero-order valence-electron chi connectivity index (χ0n) is 12.2. The molecule has 110 valence electrons. The normalized spacial score (nSPS) is 12.9. The Labute approximate surface area is 127 Å². The van der Waals surface area contributed by atoms with Gasteiger partial charge in [0, 0.05) is 6.04 Å². The summed E-state index contributed by atoms with van der Waals surface area (Å²) in [6, 6.07) is 4.00. The molecular formula is C14H20BrN3O2. The Kier molecular flexibility index (Phi) is 4.88. The smallest absolute Gasteiger partial charge is 0.169 e. The fourth-order valence-corrected chi connectivity index (χ4v) is 2.54. The van der Waals surface area contributed by atoms with E-state index in [1.54, 1.807) is 13.3 Å². The van der Waals surface area contributed by atoms with Gasteiger partial charge in [0.2, 0.25) is 0 Å². The molecule has 0 amide bonds. The molecule has 20 heavy (non-hydrogen) atoms. The Morgan fingerprint density at radius 1 is 1.45 bits per heavy atom. The maximum Gasteiger partial charge on any atom is 0.169 e. The van der Waals surface area contributed by atoms with Crippen LogP contribution in [0.15, 0.2) is 27.4 Å². The fourth-order valence-electron chi connectivity index (χ4n) is 2.22. The number of nitrogens with zero attached hydrogens (tertiary/aromatic N) is 2. The van der Waals surface area contributed by atoms with Gasteiger partial charge in [0.05, 0.1) is 13.3 Å². The third-order valence-corrected chi connectivity index (χ3v) is 3.49. The van der Waals surface area contributed by atoms with Crippen LogP contribution in [0.25, 0.3) is 0 Å². The number of ether oxygens (including phenoxy) is 1. The number of hydrogen-bond acceptors (Lipinski definition) is 4. The van der Waals surface area contributed by atoms with Crippen molar-refractivity contribution in [2.24, 2.45) is 0 Å². The van der Waals surface area contributed by atoms with Gasteiger partial charge in [-0.15, -0.1) is 0 Å². The van der Waals surface area contributed by atoms with Crippen molar-refractivity contribution in [1.29, 1.82) is 0 Å². The lowest BCUT2D eigenvalue weighted by Gasteiger charge is -2.20. The van der Waals surface area contributed by atoms with Crippen molar-refractivity contribution < 1.29 is 9.15 Å². The quantitative estimate of drug-likeness (QED) is 0.873. The molecule has 1 unspecified atom stereocenters. The van der Waals surface area contributed by atoms with Gasteiger partial charge < -0.3 is 14.5 Å². The molecule has 1 atom stereocenters. The molecule has 0 aromatic carbocycles. The first-order chi connectivity index (χ1) is 9.58. The van der Waals surface area contributed by atoms with E-state index in [0.717, 1.165) is 23.7 Å². The van der Waals surface area contributed by atoms with Crippen LogP contribution >= 0.6 is 15.9 Å². The number of halogens is 1. The van der Waals surface area contributed by atoms with E-state index in [1.165, 1.54) is 0 Å². The van der Waals surface area contributed by atoms with E-state index in [4.69, 9.17) is 9.15 Å². The molecule has 1 N–H and O–H groups in total. The van der Waals surface area contributed by atoms with Gasteiger partial charge in [-0.1, -0.05) is 6.92 Å². The number of nitrogens with one attached hydrogen (secondary N) is 1. The SMILES string of the molecule is CCNC(c1ccc(Br)o1)c1c(OC)cnn1C(C)C. The summed E-state index contributed by atoms with van der Waals surface area (Å²) in [5.41, 5.74) is 0.978. The minimum Gasteiger partial charge on any atom is -0.493 e. The third-order valence-electron chi connectivity index (χ3n) is 3.07. The van der Waals surface area contributed by atoms with E-state index >= 15 is 0 Å². The van der Waals surface area contributed by atoms with Crippen LogP contribution in [0.2, 0.25) is 0 Å². The van der Waals surface area contributed by atoms with Gasteiger partial charge >= 0.3 is 0 Å². The van der Waals surface area contributed by atoms with Crippen LogP contribution in [0.5, 0.6) is 5.75 Å². The maximum atomic E-state index is 5.71. The summed E-state index contributed by atoms with van der Waals surface area (Å²) in [4.78, 5) is 0. The van der Waals surface area contributed by atoms with Crippen molar-refractivity contribution in [3.8, 4) is 5.75 Å². The summed E-state index contributed by atoms with van der Waals surface area (Å²) in [6.07, 6.45) is 1.75. The molecule has 0 aliphatic carbocycles. The van der Waals surface area contributed by atoms with E-state index in [0.29, 0.717) is 4.67 Å². The van der Waals surface area contributed by atoms with E-state index in [1.807, 2.05) is 16.8 Å². The molecule has 2 aromatic rings. The lowest BCUT2D eigenvalue weighted by molar-refractivity contribution is 0.374. The molecule has 0 bridgehead atoms. The average molecular weight is 342 g/mol. The number of methoxy groups -OCH3 is 1. The molecule has 0 saturated carbocycles. The Balaban J connectivity index is 2.50. The molecule has 0 spiro atoms. The minimum absolute atomic E-state index is 0.0915. The molecule has 2 heterocycles. The van der Waals surface area contributed by atoms with Crippen LogP contribution in [0, 0.1) is 0 Å². The van der Waals surface area contributed by atoms with Crippen molar-refractivity contribution in [1.82, 2.24) is 15.1 Å². The van der Waals surface area contributed by atoms with Crippen molar-refractivity contribution >= 4 is 15.9 Å². The first-order valence-electron chi connectivity index (χ1n) is 6.68. The molecule has 0 radical (unpaired) electrons. The van der Waals surface area contributed by atoms with E-state index in [2.05, 4.69) is 47.1 Å². The second-order valence-corrected chi connectivity index (χ2v) is 5.55. The zero-order chi connectivity index (χ0) is 14.7. The highest BCUT2D eigenvalue weighted by molar-refractivity contribution is 9.10. The molecule has 2 aromatic heterocycles. The highest BCUT2D eigenvalue weighted by Crippen LogP contribution is 2.33. The second kappa shape index (κ2) is 6.45. The van der Waals surface area contributed by atoms with Crippen LogP contribution in [0.1, 0.15) is 44.3 Å². The molecular weight excluding hydrogens is 322 g/mol. The lowest BCUT2D eigenvalue weighted by atomic mass is 10.1. The van der Waals surface area contributed by atoms with Crippen LogP contribution in [0.3, 0.4) is 0 Å². The zero-order valence-corrected chi connectivity index (χ0v) is 13.8. The van der Waals surface area contributed by atoms with Gasteiger partial charge in [0.15, 0.2) is 10.4 Å². The van der Waals surface area contributed by atoms with Gasteiger partial charge in [-0.25, -0.2) is 0 Å². The van der Waals surface area contributed by atoms with Crippen molar-refractivity contribution in [2.75, 3.05) is 13.7 Å². The number of aromatic nitrogens is 2. The minimum atomic E-state index is -0.0915. The van der Waals surface area contributed by atoms with Crippen molar-refractivity contribution in [2.45, 2.75) is 32.9 Å². The monoisotopic (exact) mass is 341 g/mol. The Bertz CT molecular complexity index is 563. The first kappa shape index (κ1) is 15.1. The molecule has 6 heteroatoms. The van der Waals surface area contributed by atoms with E-state index < -0.39 is 0 Å². The highest BCUT2D eigenvalue weighted by Gasteiger charge is 2.26. The Morgan fingerprint density at radius 3 is 2.70 bits per heavy atom. The molecule has 0 aliphatic heterocycles. The van der Waals surface area contributed by atoms with Crippen molar-refractivity contribution in [3.63, 3.8) is 0 Å². The topological polar surface area (TPSA) is 52.2 Å². The summed E-state index contributed by atoms with van der Waals surface area (Å²) < 4.78 is 13.8. The van der Waals surface area contributed by atoms with Gasteiger partial charge in [-0.05, 0) is 48.5 Å². The molecule has 0 fully saturated rings. The summed E-state index contributed by atoms with van der Waals surface area (Å²) in [7, 11) is 1.66. The predicted octanol–water partition coefficient (Wildman–Crippen LogP) is 3.53. The Morgan fingerprint density at radius 2 is 2.20 bits per heavy atom. The third kappa shape index (κ3) is 2.91. The molecule has 2 rings (SSSR count). The fraction of sp³-hybridized carbons (Fsp3) is 0.500. The lowest BCUT2D eigenvalue weighted by Crippen LogP contribution is -2.25. The maximum absolute atomic E-state index is 5.71. The van der Waals surface area contributed by atoms with Gasteiger partial charge in [0.1, 0.15) is 17.5 Å². The molecule has 5 nitrogen and oxygen atoms in total. The van der Waals surface area contributed by atoms with Crippen LogP contribution in [-0.2, 0) is 0 Å². The first-order valence-corrected chi connectivity index (χ1v) is 7.47. The largest absolute Gasteiger partial charge is 0.493 e. The summed E-state index contributed by atoms with van der Waals surface area (Å²) in [5.74, 6) is 1.59. The predicted molar refractivity (Wildman–Crippen MR) is 81.1 cm³/mol. The van der Waals surface area contributed by atoms with Crippen LogP contribution in [-0.4, -0.2) is 23.4 Å². The molecule has 0 aliphatic rings. The number of rotatable bonds is 6. The Hall–Kier alpha value is -1.27. The number of furan rings is 1. The second-order valence-electron chi connectivity index (χ2n) is 4.77. The molecule has 0 saturated heterocycles. The van der Waals surface area contributed by atoms with Crippen molar-refractivity contribution in [3.05, 3.63) is 34.5 Å². The summed E-state index contributed by atoms with van der Waals surface area (Å²) >= 11 is 3.35. The van der Waals surface area contributed by atoms with Gasteiger partial charge in [0.25, 0.3) is 0 Å². The van der Waals surface area contributed by atoms with Gasteiger partial charge in [-0.3, -0.25) is 4.68 Å². The van der Waals surface area contributed by atoms with E-state index in [-0.39, 0.29) is 12.1 Å². The summed E-state index contributed by atoms with van der Waals surface area (Å²) in [5, 5.41) is 7.85. The average Bonchev–Trinajstić information content (AvgIpc) is 3.01. The van der Waals surface area contributed by atoms with Crippen LogP contribution < -0.4 is 10.1 Å². The van der Waals surface area contributed by atoms with Crippen LogP contribution in [0.4, 0.5) is 0 Å². The highest BCUT2D eigenvalue weighted by atomic mass is 79.9.